The number of amides is 2. The predicted octanol–water partition coefficient (Wildman–Crippen LogP) is 4.09. The van der Waals surface area contributed by atoms with Crippen LogP contribution in [0.2, 0.25) is 0 Å². The van der Waals surface area contributed by atoms with Crippen molar-refractivity contribution in [2.75, 3.05) is 7.05 Å². The third-order valence-electron chi connectivity index (χ3n) is 5.57. The third-order valence-corrected chi connectivity index (χ3v) is 5.57. The highest BCUT2D eigenvalue weighted by Gasteiger charge is 2.42. The van der Waals surface area contributed by atoms with Gasteiger partial charge in [-0.15, -0.1) is 0 Å². The maximum atomic E-state index is 13.1. The van der Waals surface area contributed by atoms with Crippen molar-refractivity contribution in [1.29, 1.82) is 0 Å². The normalized spacial score (nSPS) is 19.7. The number of benzene rings is 2. The van der Waals surface area contributed by atoms with Crippen LogP contribution in [0.1, 0.15) is 61.2 Å². The van der Waals surface area contributed by atoms with E-state index < -0.39 is 17.8 Å². The molecule has 6 heteroatoms. The first-order valence-corrected chi connectivity index (χ1v) is 10.7. The van der Waals surface area contributed by atoms with E-state index in [1.54, 1.807) is 24.1 Å². The Kier molecular flexibility index (Phi) is 7.01. The summed E-state index contributed by atoms with van der Waals surface area (Å²) < 4.78 is 5.69. The van der Waals surface area contributed by atoms with Gasteiger partial charge in [-0.3, -0.25) is 9.69 Å². The number of hydrogen-bond donors (Lipinski definition) is 2. The van der Waals surface area contributed by atoms with Crippen LogP contribution in [0.15, 0.2) is 54.6 Å². The van der Waals surface area contributed by atoms with Gasteiger partial charge in [0.2, 0.25) is 0 Å². The summed E-state index contributed by atoms with van der Waals surface area (Å²) in [6.45, 7) is 5.53. The van der Waals surface area contributed by atoms with Gasteiger partial charge in [0, 0.05) is 18.7 Å². The number of carbonyl (C=O) groups is 2. The average Bonchev–Trinajstić information content (AvgIpc) is 3.16. The lowest BCUT2D eigenvalue weighted by Crippen LogP contribution is -2.47. The van der Waals surface area contributed by atoms with Gasteiger partial charge in [-0.25, -0.2) is 4.79 Å². The van der Waals surface area contributed by atoms with E-state index in [9.17, 15) is 14.7 Å². The lowest BCUT2D eigenvalue weighted by Gasteiger charge is -2.35. The highest BCUT2D eigenvalue weighted by Crippen LogP contribution is 2.35. The van der Waals surface area contributed by atoms with Crippen molar-refractivity contribution in [3.05, 3.63) is 71.3 Å². The van der Waals surface area contributed by atoms with Crippen molar-refractivity contribution in [2.45, 2.75) is 63.8 Å². The maximum absolute atomic E-state index is 13.1. The standard InChI is InChI=1S/C25H32N2O4/c1-25(2,3)31-24(30)27-20(16-17-10-12-19(13-11-17)23(29)26-4)14-15-21(27)22(28)18-8-6-5-7-9-18/h5-13,20-22,28H,14-16H2,1-4H3,(H,26,29)/t20-,21+,22+/m0/s1. The van der Waals surface area contributed by atoms with Crippen LogP contribution >= 0.6 is 0 Å². The molecule has 31 heavy (non-hydrogen) atoms. The highest BCUT2D eigenvalue weighted by molar-refractivity contribution is 5.93. The molecule has 2 aromatic rings. The molecule has 0 radical (unpaired) electrons. The van der Waals surface area contributed by atoms with Crippen LogP contribution in [0.3, 0.4) is 0 Å². The Balaban J connectivity index is 1.82. The molecule has 0 spiro atoms. The number of aliphatic hydroxyl groups is 1. The zero-order valence-corrected chi connectivity index (χ0v) is 18.7. The van der Waals surface area contributed by atoms with Crippen LogP contribution in [0.4, 0.5) is 4.79 Å². The second-order valence-electron chi connectivity index (χ2n) is 9.02. The first kappa shape index (κ1) is 22.8. The van der Waals surface area contributed by atoms with E-state index >= 15 is 0 Å². The molecular weight excluding hydrogens is 392 g/mol. The summed E-state index contributed by atoms with van der Waals surface area (Å²) in [5.74, 6) is -0.131. The molecule has 1 fully saturated rings. The Bertz CT molecular complexity index is 890. The van der Waals surface area contributed by atoms with Crippen LogP contribution in [-0.4, -0.2) is 46.7 Å². The van der Waals surface area contributed by atoms with E-state index in [0.29, 0.717) is 18.4 Å². The number of nitrogens with zero attached hydrogens (tertiary/aromatic N) is 1. The van der Waals surface area contributed by atoms with E-state index in [1.165, 1.54) is 0 Å². The first-order valence-electron chi connectivity index (χ1n) is 10.7. The molecule has 2 amide bonds. The molecule has 1 aliphatic rings. The van der Waals surface area contributed by atoms with E-state index in [0.717, 1.165) is 17.5 Å². The summed E-state index contributed by atoms with van der Waals surface area (Å²) in [5, 5.41) is 13.7. The molecular formula is C25H32N2O4. The van der Waals surface area contributed by atoms with Crippen molar-refractivity contribution in [1.82, 2.24) is 10.2 Å². The fourth-order valence-corrected chi connectivity index (χ4v) is 4.10. The molecule has 0 aromatic heterocycles. The van der Waals surface area contributed by atoms with Crippen molar-refractivity contribution >= 4 is 12.0 Å². The number of ether oxygens (including phenoxy) is 1. The molecule has 6 nitrogen and oxygen atoms in total. The molecule has 0 saturated carbocycles. The van der Waals surface area contributed by atoms with Crippen molar-refractivity contribution in [3.63, 3.8) is 0 Å². The second-order valence-corrected chi connectivity index (χ2v) is 9.02. The largest absolute Gasteiger partial charge is 0.444 e. The van der Waals surface area contributed by atoms with Gasteiger partial charge in [0.05, 0.1) is 12.1 Å². The number of nitrogens with one attached hydrogen (secondary N) is 1. The molecule has 166 valence electrons. The molecule has 2 aromatic carbocycles. The Labute approximate surface area is 184 Å². The molecule has 0 aliphatic carbocycles. The zero-order valence-electron chi connectivity index (χ0n) is 18.7. The Morgan fingerprint density at radius 3 is 2.32 bits per heavy atom. The maximum Gasteiger partial charge on any atom is 0.410 e. The quantitative estimate of drug-likeness (QED) is 0.758. The highest BCUT2D eigenvalue weighted by atomic mass is 16.6. The van der Waals surface area contributed by atoms with Crippen molar-refractivity contribution in [2.24, 2.45) is 0 Å². The Morgan fingerprint density at radius 2 is 1.74 bits per heavy atom. The van der Waals surface area contributed by atoms with Gasteiger partial charge in [-0.05, 0) is 63.3 Å². The number of aliphatic hydroxyl groups excluding tert-OH is 1. The molecule has 3 rings (SSSR count). The van der Waals surface area contributed by atoms with Crippen molar-refractivity contribution < 1.29 is 19.4 Å². The number of rotatable bonds is 5. The topological polar surface area (TPSA) is 78.9 Å². The summed E-state index contributed by atoms with van der Waals surface area (Å²) in [7, 11) is 1.60. The van der Waals surface area contributed by atoms with Crippen LogP contribution in [0.25, 0.3) is 0 Å². The van der Waals surface area contributed by atoms with Gasteiger partial charge >= 0.3 is 6.09 Å². The zero-order chi connectivity index (χ0) is 22.6. The molecule has 1 saturated heterocycles. The minimum atomic E-state index is -0.783. The fourth-order valence-electron chi connectivity index (χ4n) is 4.10. The molecule has 1 heterocycles. The summed E-state index contributed by atoms with van der Waals surface area (Å²) in [6, 6.07) is 16.4. The molecule has 1 aliphatic heterocycles. The average molecular weight is 425 g/mol. The van der Waals surface area contributed by atoms with Gasteiger partial charge in [-0.1, -0.05) is 42.5 Å². The predicted molar refractivity (Wildman–Crippen MR) is 120 cm³/mol. The van der Waals surface area contributed by atoms with Crippen LogP contribution in [0.5, 0.6) is 0 Å². The lowest BCUT2D eigenvalue weighted by molar-refractivity contribution is -0.00453. The van der Waals surface area contributed by atoms with Gasteiger partial charge in [-0.2, -0.15) is 0 Å². The van der Waals surface area contributed by atoms with Crippen molar-refractivity contribution in [3.8, 4) is 0 Å². The van der Waals surface area contributed by atoms with Gasteiger partial charge in [0.25, 0.3) is 5.91 Å². The molecule has 0 bridgehead atoms. The SMILES string of the molecule is CNC(=O)c1ccc(C[C@@H]2CC[C@H]([C@H](O)c3ccccc3)N2C(=O)OC(C)(C)C)cc1. The summed E-state index contributed by atoms with van der Waals surface area (Å²) in [5.41, 5.74) is 1.79. The first-order chi connectivity index (χ1) is 14.7. The van der Waals surface area contributed by atoms with E-state index in [1.807, 2.05) is 63.2 Å². The fraction of sp³-hybridized carbons (Fsp3) is 0.440. The number of carbonyl (C=O) groups excluding carboxylic acids is 2. The minimum Gasteiger partial charge on any atom is -0.444 e. The number of likely N-dealkylation sites (tertiary alicyclic amines) is 1. The molecule has 3 atom stereocenters. The van der Waals surface area contributed by atoms with Gasteiger partial charge < -0.3 is 15.2 Å². The monoisotopic (exact) mass is 424 g/mol. The molecule has 2 N–H and O–H groups in total. The van der Waals surface area contributed by atoms with E-state index in [-0.39, 0.29) is 18.0 Å². The van der Waals surface area contributed by atoms with Gasteiger partial charge in [0.1, 0.15) is 5.60 Å². The van der Waals surface area contributed by atoms with Crippen LogP contribution in [-0.2, 0) is 11.2 Å². The summed E-state index contributed by atoms with van der Waals surface area (Å²) in [6.07, 6.45) is 0.901. The minimum absolute atomic E-state index is 0.0935. The van der Waals surface area contributed by atoms with Crippen LogP contribution in [0, 0.1) is 0 Å². The van der Waals surface area contributed by atoms with E-state index in [4.69, 9.17) is 4.74 Å². The Morgan fingerprint density at radius 1 is 1.10 bits per heavy atom. The van der Waals surface area contributed by atoms with Crippen LogP contribution < -0.4 is 5.32 Å². The third kappa shape index (κ3) is 5.64. The number of hydrogen-bond acceptors (Lipinski definition) is 4. The Hall–Kier alpha value is -2.86. The lowest BCUT2D eigenvalue weighted by atomic mass is 10.0. The summed E-state index contributed by atoms with van der Waals surface area (Å²) >= 11 is 0. The van der Waals surface area contributed by atoms with E-state index in [2.05, 4.69) is 5.32 Å². The second kappa shape index (κ2) is 9.52. The molecule has 0 unspecified atom stereocenters. The van der Waals surface area contributed by atoms with Gasteiger partial charge in [0.15, 0.2) is 0 Å². The smallest absolute Gasteiger partial charge is 0.410 e. The summed E-state index contributed by atoms with van der Waals surface area (Å²) in [4.78, 5) is 26.6.